The van der Waals surface area contributed by atoms with Crippen LogP contribution in [0.25, 0.3) is 0 Å². The van der Waals surface area contributed by atoms with E-state index >= 15 is 0 Å². The molecular weight excluding hydrogens is 217 g/mol. The molecule has 0 aliphatic carbocycles. The van der Waals surface area contributed by atoms with Crippen LogP contribution in [0.4, 0.5) is 0 Å². The van der Waals surface area contributed by atoms with E-state index in [4.69, 9.17) is 0 Å². The van der Waals surface area contributed by atoms with Gasteiger partial charge in [0.15, 0.2) is 0 Å². The highest BCUT2D eigenvalue weighted by Crippen LogP contribution is 2.30. The lowest BCUT2D eigenvalue weighted by Gasteiger charge is -2.17. The fourth-order valence-corrected chi connectivity index (χ4v) is 1.54. The minimum absolute atomic E-state index is 0.0170. The van der Waals surface area contributed by atoms with Crippen LogP contribution in [0.15, 0.2) is 0 Å². The highest BCUT2D eigenvalue weighted by atomic mass is 31.2. The Hall–Kier alpha value is -0.380. The summed E-state index contributed by atoms with van der Waals surface area (Å²) in [5.41, 5.74) is 0. The van der Waals surface area contributed by atoms with Crippen LogP contribution < -0.4 is 10.2 Å². The maximum Gasteiger partial charge on any atom is 0.216 e. The van der Waals surface area contributed by atoms with Crippen LogP contribution in [-0.4, -0.2) is 25.7 Å². The molecule has 0 spiro atoms. The second kappa shape index (κ2) is 7.85. The van der Waals surface area contributed by atoms with E-state index in [9.17, 15) is 14.3 Å². The largest absolute Gasteiger partial charge is 0.779 e. The van der Waals surface area contributed by atoms with E-state index < -0.39 is 7.60 Å². The van der Waals surface area contributed by atoms with Crippen molar-refractivity contribution in [3.8, 4) is 0 Å². The molecular formula is C9H19NO4P-. The standard InChI is InChI=1S/C9H20NO4P/c1-9(11)10-7-5-3-4-6-8-14-15(2,12)13/h3-8H2,1-2H3,(H,10,11)(H,12,13)/p-1. The molecule has 0 aromatic heterocycles. The number of rotatable bonds is 8. The van der Waals surface area contributed by atoms with Gasteiger partial charge in [0.05, 0.1) is 6.61 Å². The number of hydrogen-bond donors (Lipinski definition) is 1. The van der Waals surface area contributed by atoms with Gasteiger partial charge in [-0.3, -0.25) is 4.79 Å². The summed E-state index contributed by atoms with van der Waals surface area (Å²) in [6.45, 7) is 3.51. The van der Waals surface area contributed by atoms with E-state index in [-0.39, 0.29) is 12.5 Å². The van der Waals surface area contributed by atoms with Gasteiger partial charge in [-0.05, 0) is 12.8 Å². The Kier molecular flexibility index (Phi) is 7.65. The first-order valence-electron chi connectivity index (χ1n) is 5.09. The summed E-state index contributed by atoms with van der Waals surface area (Å²) in [5, 5.41) is 2.70. The number of nitrogens with one attached hydrogen (secondary N) is 1. The van der Waals surface area contributed by atoms with E-state index in [0.29, 0.717) is 6.54 Å². The van der Waals surface area contributed by atoms with Crippen LogP contribution in [0.1, 0.15) is 32.6 Å². The first kappa shape index (κ1) is 14.6. The lowest BCUT2D eigenvalue weighted by atomic mass is 10.2. The Labute approximate surface area is 90.7 Å². The molecule has 0 heterocycles. The van der Waals surface area contributed by atoms with Crippen LogP contribution in [0, 0.1) is 0 Å². The third-order valence-electron chi connectivity index (χ3n) is 1.77. The molecule has 0 aromatic carbocycles. The van der Waals surface area contributed by atoms with Gasteiger partial charge < -0.3 is 19.3 Å². The molecule has 1 unspecified atom stereocenters. The fourth-order valence-electron chi connectivity index (χ4n) is 1.08. The van der Waals surface area contributed by atoms with E-state index in [0.717, 1.165) is 32.3 Å². The SMILES string of the molecule is CC(=O)NCCCCCCOP(C)(=O)[O-]. The Balaban J connectivity index is 3.12. The maximum absolute atomic E-state index is 10.6. The first-order chi connectivity index (χ1) is 6.92. The molecule has 0 saturated heterocycles. The predicted octanol–water partition coefficient (Wildman–Crippen LogP) is 0.883. The smallest absolute Gasteiger partial charge is 0.216 e. The zero-order valence-electron chi connectivity index (χ0n) is 9.32. The van der Waals surface area contributed by atoms with Gasteiger partial charge in [0.25, 0.3) is 0 Å². The number of carbonyl (C=O) groups excluding carboxylic acids is 1. The molecule has 0 aliphatic rings. The molecule has 1 amide bonds. The van der Waals surface area contributed by atoms with Crippen molar-refractivity contribution in [1.29, 1.82) is 0 Å². The zero-order chi connectivity index (χ0) is 11.7. The second-order valence-corrected chi connectivity index (χ2v) is 5.30. The summed E-state index contributed by atoms with van der Waals surface area (Å²) >= 11 is 0. The zero-order valence-corrected chi connectivity index (χ0v) is 10.2. The lowest BCUT2D eigenvalue weighted by molar-refractivity contribution is -0.196. The van der Waals surface area contributed by atoms with E-state index in [1.165, 1.54) is 6.92 Å². The maximum atomic E-state index is 10.6. The van der Waals surface area contributed by atoms with Gasteiger partial charge in [-0.2, -0.15) is 0 Å². The second-order valence-electron chi connectivity index (χ2n) is 3.50. The van der Waals surface area contributed by atoms with Gasteiger partial charge in [-0.25, -0.2) is 0 Å². The Morgan fingerprint density at radius 1 is 1.33 bits per heavy atom. The average molecular weight is 236 g/mol. The molecule has 1 atom stereocenters. The van der Waals surface area contributed by atoms with Crippen molar-refractivity contribution in [1.82, 2.24) is 5.32 Å². The van der Waals surface area contributed by atoms with E-state index in [2.05, 4.69) is 9.84 Å². The summed E-state index contributed by atoms with van der Waals surface area (Å²) in [7, 11) is -3.55. The predicted molar refractivity (Wildman–Crippen MR) is 56.6 cm³/mol. The summed E-state index contributed by atoms with van der Waals surface area (Å²) < 4.78 is 15.2. The molecule has 0 aromatic rings. The third kappa shape index (κ3) is 13.6. The number of amides is 1. The van der Waals surface area contributed by atoms with Gasteiger partial charge in [-0.15, -0.1) is 0 Å². The molecule has 15 heavy (non-hydrogen) atoms. The molecule has 0 saturated carbocycles. The molecule has 0 aliphatic heterocycles. The molecule has 90 valence electrons. The summed E-state index contributed by atoms with van der Waals surface area (Å²) in [6, 6.07) is 0. The third-order valence-corrected chi connectivity index (χ3v) is 2.42. The van der Waals surface area contributed by atoms with Crippen molar-refractivity contribution in [2.45, 2.75) is 32.6 Å². The van der Waals surface area contributed by atoms with Crippen molar-refractivity contribution in [2.75, 3.05) is 19.8 Å². The number of carbonyl (C=O) groups is 1. The molecule has 0 fully saturated rings. The lowest BCUT2D eigenvalue weighted by Crippen LogP contribution is -2.20. The molecule has 0 bridgehead atoms. The average Bonchev–Trinajstić information content (AvgIpc) is 2.07. The van der Waals surface area contributed by atoms with Crippen molar-refractivity contribution in [2.24, 2.45) is 0 Å². The highest BCUT2D eigenvalue weighted by Gasteiger charge is 1.98. The number of hydrogen-bond acceptors (Lipinski definition) is 4. The van der Waals surface area contributed by atoms with Crippen molar-refractivity contribution in [3.05, 3.63) is 0 Å². The quantitative estimate of drug-likeness (QED) is 0.501. The van der Waals surface area contributed by atoms with Gasteiger partial charge in [0.1, 0.15) is 7.60 Å². The molecule has 0 rings (SSSR count). The highest BCUT2D eigenvalue weighted by molar-refractivity contribution is 7.50. The molecule has 0 radical (unpaired) electrons. The molecule has 1 N–H and O–H groups in total. The monoisotopic (exact) mass is 236 g/mol. The van der Waals surface area contributed by atoms with Crippen molar-refractivity contribution < 1.29 is 18.8 Å². The van der Waals surface area contributed by atoms with Gasteiger partial charge in [-0.1, -0.05) is 12.8 Å². The van der Waals surface area contributed by atoms with Crippen molar-refractivity contribution >= 4 is 13.5 Å². The van der Waals surface area contributed by atoms with Gasteiger partial charge >= 0.3 is 0 Å². The summed E-state index contributed by atoms with van der Waals surface area (Å²) in [6.07, 6.45) is 3.54. The van der Waals surface area contributed by atoms with Crippen LogP contribution in [0.2, 0.25) is 0 Å². The van der Waals surface area contributed by atoms with Crippen LogP contribution in [0.3, 0.4) is 0 Å². The minimum atomic E-state index is -3.55. The number of unbranched alkanes of at least 4 members (excludes halogenated alkanes) is 3. The Bertz CT molecular complexity index is 226. The normalized spacial score (nSPS) is 14.6. The topological polar surface area (TPSA) is 78.5 Å². The molecule has 5 nitrogen and oxygen atoms in total. The van der Waals surface area contributed by atoms with Gasteiger partial charge in [0.2, 0.25) is 5.91 Å². The van der Waals surface area contributed by atoms with Gasteiger partial charge in [0, 0.05) is 20.1 Å². The Morgan fingerprint density at radius 3 is 2.47 bits per heavy atom. The van der Waals surface area contributed by atoms with E-state index in [1.54, 1.807) is 0 Å². The molecule has 6 heteroatoms. The fraction of sp³-hybridized carbons (Fsp3) is 0.889. The van der Waals surface area contributed by atoms with Crippen LogP contribution in [0.5, 0.6) is 0 Å². The summed E-state index contributed by atoms with van der Waals surface area (Å²) in [5.74, 6) is -0.0170. The van der Waals surface area contributed by atoms with Crippen molar-refractivity contribution in [3.63, 3.8) is 0 Å². The van der Waals surface area contributed by atoms with Crippen LogP contribution in [-0.2, 0) is 13.9 Å². The minimum Gasteiger partial charge on any atom is -0.779 e. The Morgan fingerprint density at radius 2 is 1.93 bits per heavy atom. The first-order valence-corrected chi connectivity index (χ1v) is 7.08. The van der Waals surface area contributed by atoms with E-state index in [1.807, 2.05) is 0 Å². The summed E-state index contributed by atoms with van der Waals surface area (Å²) in [4.78, 5) is 21.1. The van der Waals surface area contributed by atoms with Crippen LogP contribution >= 0.6 is 7.60 Å².